The Bertz CT molecular complexity index is 665. The van der Waals surface area contributed by atoms with Gasteiger partial charge in [0.1, 0.15) is 18.0 Å². The summed E-state index contributed by atoms with van der Waals surface area (Å²) in [5.74, 6) is -0.281. The Balaban J connectivity index is 2.04. The highest BCUT2D eigenvalue weighted by Crippen LogP contribution is 2.32. The highest BCUT2D eigenvalue weighted by atomic mass is 16.6. The van der Waals surface area contributed by atoms with E-state index in [4.69, 9.17) is 19.9 Å². The van der Waals surface area contributed by atoms with E-state index in [1.54, 1.807) is 0 Å². The Kier molecular flexibility index (Phi) is 8.21. The van der Waals surface area contributed by atoms with Crippen molar-refractivity contribution in [1.29, 1.82) is 0 Å². The SMILES string of the molecule is CCCCCCCC(=O)OC1C(OC)[C@H](n2ccc(N)nc2=O)O[C@@H]1CO. The molecule has 0 radical (unpaired) electrons. The summed E-state index contributed by atoms with van der Waals surface area (Å²) >= 11 is 0. The van der Waals surface area contributed by atoms with Gasteiger partial charge in [0, 0.05) is 19.7 Å². The van der Waals surface area contributed by atoms with Gasteiger partial charge in [-0.1, -0.05) is 32.6 Å². The molecule has 3 N–H and O–H groups in total. The predicted molar refractivity (Wildman–Crippen MR) is 98.0 cm³/mol. The number of nitrogens with zero attached hydrogens (tertiary/aromatic N) is 2. The Labute approximate surface area is 158 Å². The summed E-state index contributed by atoms with van der Waals surface area (Å²) in [6, 6.07) is 1.46. The van der Waals surface area contributed by atoms with Crippen LogP contribution in [0.3, 0.4) is 0 Å². The largest absolute Gasteiger partial charge is 0.457 e. The van der Waals surface area contributed by atoms with Crippen molar-refractivity contribution in [3.63, 3.8) is 0 Å². The first-order valence-electron chi connectivity index (χ1n) is 9.35. The number of anilines is 1. The molecule has 0 bridgehead atoms. The summed E-state index contributed by atoms with van der Waals surface area (Å²) in [6.45, 7) is 1.76. The van der Waals surface area contributed by atoms with Crippen LogP contribution < -0.4 is 11.4 Å². The van der Waals surface area contributed by atoms with Gasteiger partial charge < -0.3 is 25.1 Å². The molecule has 27 heavy (non-hydrogen) atoms. The minimum absolute atomic E-state index is 0.0907. The quantitative estimate of drug-likeness (QED) is 0.453. The molecule has 152 valence electrons. The summed E-state index contributed by atoms with van der Waals surface area (Å²) in [5, 5.41) is 9.62. The number of esters is 1. The molecular formula is C18H29N3O6. The van der Waals surface area contributed by atoms with E-state index in [-0.39, 0.29) is 18.4 Å². The van der Waals surface area contributed by atoms with Gasteiger partial charge >= 0.3 is 11.7 Å². The maximum atomic E-state index is 12.2. The van der Waals surface area contributed by atoms with Gasteiger partial charge in [0.05, 0.1) is 6.61 Å². The Morgan fingerprint density at radius 3 is 2.70 bits per heavy atom. The molecule has 9 heteroatoms. The molecule has 0 aromatic carbocycles. The molecule has 2 rings (SSSR count). The highest BCUT2D eigenvalue weighted by Gasteiger charge is 2.48. The van der Waals surface area contributed by atoms with Crippen LogP contribution in [0.5, 0.6) is 0 Å². The van der Waals surface area contributed by atoms with Gasteiger partial charge in [0.2, 0.25) is 0 Å². The van der Waals surface area contributed by atoms with E-state index in [0.29, 0.717) is 6.42 Å². The number of aliphatic hydroxyl groups is 1. The fraction of sp³-hybridized carbons (Fsp3) is 0.722. The number of carbonyl (C=O) groups excluding carboxylic acids is 1. The minimum atomic E-state index is -0.880. The maximum absolute atomic E-state index is 12.2. The van der Waals surface area contributed by atoms with Gasteiger partial charge in [-0.15, -0.1) is 0 Å². The fourth-order valence-electron chi connectivity index (χ4n) is 3.18. The van der Waals surface area contributed by atoms with Gasteiger partial charge in [-0.2, -0.15) is 4.98 Å². The molecule has 2 unspecified atom stereocenters. The third-order valence-corrected chi connectivity index (χ3v) is 4.62. The molecule has 1 aromatic heterocycles. The number of ether oxygens (including phenoxy) is 3. The molecule has 1 saturated heterocycles. The zero-order chi connectivity index (χ0) is 19.8. The molecule has 1 fully saturated rings. The average molecular weight is 383 g/mol. The number of hydrogen-bond donors (Lipinski definition) is 2. The van der Waals surface area contributed by atoms with E-state index in [2.05, 4.69) is 11.9 Å². The number of hydrogen-bond acceptors (Lipinski definition) is 8. The van der Waals surface area contributed by atoms with E-state index in [0.717, 1.165) is 32.1 Å². The zero-order valence-corrected chi connectivity index (χ0v) is 15.9. The number of rotatable bonds is 10. The number of aromatic nitrogens is 2. The van der Waals surface area contributed by atoms with Crippen molar-refractivity contribution >= 4 is 11.8 Å². The van der Waals surface area contributed by atoms with Crippen molar-refractivity contribution in [2.75, 3.05) is 19.5 Å². The number of nitrogens with two attached hydrogens (primary N) is 1. The van der Waals surface area contributed by atoms with Gasteiger partial charge in [-0.05, 0) is 12.5 Å². The lowest BCUT2D eigenvalue weighted by Gasteiger charge is -2.23. The zero-order valence-electron chi connectivity index (χ0n) is 15.9. The second-order valence-corrected chi connectivity index (χ2v) is 6.61. The molecule has 0 aliphatic carbocycles. The second kappa shape index (κ2) is 10.4. The molecule has 9 nitrogen and oxygen atoms in total. The predicted octanol–water partition coefficient (Wildman–Crippen LogP) is 1.00. The van der Waals surface area contributed by atoms with Crippen LogP contribution in [-0.2, 0) is 19.0 Å². The molecule has 0 amide bonds. The number of aliphatic hydroxyl groups excluding tert-OH is 1. The standard InChI is InChI=1S/C18H29N3O6/c1-3-4-5-6-7-8-14(23)27-15-12(11-22)26-17(16(15)25-2)21-10-9-13(19)20-18(21)24/h9-10,12,15-17,22H,3-8,11H2,1-2H3,(H2,19,20,24)/t12-,15?,16?,17-/m1/s1. The van der Waals surface area contributed by atoms with Crippen molar-refractivity contribution in [3.05, 3.63) is 22.7 Å². The minimum Gasteiger partial charge on any atom is -0.457 e. The topological polar surface area (TPSA) is 126 Å². The number of methoxy groups -OCH3 is 1. The smallest absolute Gasteiger partial charge is 0.351 e. The molecule has 1 aromatic rings. The fourth-order valence-corrected chi connectivity index (χ4v) is 3.18. The lowest BCUT2D eigenvalue weighted by atomic mass is 10.1. The molecule has 1 aliphatic rings. The van der Waals surface area contributed by atoms with Crippen molar-refractivity contribution < 1.29 is 24.1 Å². The van der Waals surface area contributed by atoms with E-state index in [1.165, 1.54) is 23.9 Å². The molecule has 0 saturated carbocycles. The summed E-state index contributed by atoms with van der Waals surface area (Å²) in [7, 11) is 1.43. The van der Waals surface area contributed by atoms with E-state index in [1.807, 2.05) is 0 Å². The Hall–Kier alpha value is -1.97. The van der Waals surface area contributed by atoms with Crippen molar-refractivity contribution in [2.24, 2.45) is 0 Å². The van der Waals surface area contributed by atoms with Crippen LogP contribution in [0, 0.1) is 0 Å². The van der Waals surface area contributed by atoms with Crippen LogP contribution in [-0.4, -0.2) is 52.7 Å². The maximum Gasteiger partial charge on any atom is 0.351 e. The van der Waals surface area contributed by atoms with Gasteiger partial charge in [0.15, 0.2) is 12.3 Å². The van der Waals surface area contributed by atoms with Crippen LogP contribution >= 0.6 is 0 Å². The summed E-state index contributed by atoms with van der Waals surface area (Å²) in [4.78, 5) is 28.0. The molecule has 1 aliphatic heterocycles. The normalized spacial score (nSPS) is 24.9. The second-order valence-electron chi connectivity index (χ2n) is 6.61. The number of unbranched alkanes of at least 4 members (excludes halogenated alkanes) is 4. The third kappa shape index (κ3) is 5.50. The lowest BCUT2D eigenvalue weighted by molar-refractivity contribution is -0.157. The molecule has 2 heterocycles. The van der Waals surface area contributed by atoms with Crippen molar-refractivity contribution in [3.8, 4) is 0 Å². The highest BCUT2D eigenvalue weighted by molar-refractivity contribution is 5.69. The Morgan fingerprint density at radius 2 is 2.07 bits per heavy atom. The summed E-state index contributed by atoms with van der Waals surface area (Å²) < 4.78 is 17.9. The van der Waals surface area contributed by atoms with Crippen LogP contribution in [0.15, 0.2) is 17.1 Å². The Morgan fingerprint density at radius 1 is 1.33 bits per heavy atom. The number of carbonyl (C=O) groups is 1. The summed E-state index contributed by atoms with van der Waals surface area (Å²) in [6.07, 6.45) is 3.57. The number of nitrogen functional groups attached to an aromatic ring is 1. The first kappa shape index (κ1) is 21.3. The van der Waals surface area contributed by atoms with Gasteiger partial charge in [-0.3, -0.25) is 9.36 Å². The average Bonchev–Trinajstić information content (AvgIpc) is 2.98. The van der Waals surface area contributed by atoms with E-state index in [9.17, 15) is 14.7 Å². The van der Waals surface area contributed by atoms with Crippen LogP contribution in [0.2, 0.25) is 0 Å². The first-order valence-corrected chi connectivity index (χ1v) is 9.35. The monoisotopic (exact) mass is 383 g/mol. The third-order valence-electron chi connectivity index (χ3n) is 4.62. The van der Waals surface area contributed by atoms with Crippen molar-refractivity contribution in [2.45, 2.75) is 70.0 Å². The lowest BCUT2D eigenvalue weighted by Crippen LogP contribution is -2.40. The molecule has 0 spiro atoms. The molecular weight excluding hydrogens is 354 g/mol. The summed E-state index contributed by atoms with van der Waals surface area (Å²) in [5.41, 5.74) is 4.90. The molecule has 4 atom stereocenters. The van der Waals surface area contributed by atoms with E-state index < -0.39 is 30.2 Å². The van der Waals surface area contributed by atoms with Crippen LogP contribution in [0.25, 0.3) is 0 Å². The van der Waals surface area contributed by atoms with Crippen molar-refractivity contribution in [1.82, 2.24) is 9.55 Å². The van der Waals surface area contributed by atoms with Crippen LogP contribution in [0.1, 0.15) is 51.7 Å². The van der Waals surface area contributed by atoms with Gasteiger partial charge in [-0.25, -0.2) is 4.79 Å². The van der Waals surface area contributed by atoms with E-state index >= 15 is 0 Å². The van der Waals surface area contributed by atoms with Gasteiger partial charge in [0.25, 0.3) is 0 Å². The van der Waals surface area contributed by atoms with Crippen LogP contribution in [0.4, 0.5) is 5.82 Å². The first-order chi connectivity index (χ1) is 13.0.